The lowest BCUT2D eigenvalue weighted by molar-refractivity contribution is 0.639. The largest absolute Gasteiger partial charge is 0.264 e. The third kappa shape index (κ3) is 2.42. The first-order valence-electron chi connectivity index (χ1n) is 6.33. The van der Waals surface area contributed by atoms with Crippen molar-refractivity contribution >= 4 is 0 Å². The highest BCUT2D eigenvalue weighted by atomic mass is 15.3. The van der Waals surface area contributed by atoms with Crippen molar-refractivity contribution < 1.29 is 0 Å². The molecule has 0 fully saturated rings. The molecule has 3 rings (SSSR count). The van der Waals surface area contributed by atoms with Crippen LogP contribution in [0.3, 0.4) is 0 Å². The maximum atomic E-state index is 4.58. The van der Waals surface area contributed by atoms with E-state index in [1.165, 1.54) is 0 Å². The summed E-state index contributed by atoms with van der Waals surface area (Å²) in [5, 5.41) is 9.04. The van der Waals surface area contributed by atoms with E-state index in [-0.39, 0.29) is 0 Å². The van der Waals surface area contributed by atoms with Crippen molar-refractivity contribution in [2.24, 2.45) is 0 Å². The number of para-hydroxylation sites is 1. The number of aromatic nitrogens is 4. The molecular weight excluding hydrogens is 236 g/mol. The minimum Gasteiger partial charge on any atom is -0.264 e. The summed E-state index contributed by atoms with van der Waals surface area (Å²) in [7, 11) is 0. The van der Waals surface area contributed by atoms with Crippen LogP contribution in [0.1, 0.15) is 17.1 Å². The summed E-state index contributed by atoms with van der Waals surface area (Å²) >= 11 is 0. The summed E-state index contributed by atoms with van der Waals surface area (Å²) < 4.78 is 3.87. The lowest BCUT2D eigenvalue weighted by Crippen LogP contribution is -2.05. The molecule has 1 aromatic carbocycles. The van der Waals surface area contributed by atoms with Crippen LogP contribution in [0.5, 0.6) is 0 Å². The lowest BCUT2D eigenvalue weighted by atomic mass is 10.3. The van der Waals surface area contributed by atoms with Crippen molar-refractivity contribution in [2.45, 2.75) is 20.4 Å². The molecule has 4 nitrogen and oxygen atoms in total. The van der Waals surface area contributed by atoms with Crippen LogP contribution >= 0.6 is 0 Å². The molecule has 3 aromatic rings. The van der Waals surface area contributed by atoms with Gasteiger partial charge in [0.1, 0.15) is 0 Å². The Hall–Kier alpha value is -2.36. The molecule has 0 aliphatic heterocycles. The molecule has 0 aliphatic carbocycles. The maximum absolute atomic E-state index is 4.58. The van der Waals surface area contributed by atoms with E-state index in [9.17, 15) is 0 Å². The molecule has 96 valence electrons. The average Bonchev–Trinajstić information content (AvgIpc) is 2.99. The molecule has 0 saturated heterocycles. The summed E-state index contributed by atoms with van der Waals surface area (Å²) in [5.74, 6) is 0. The predicted molar refractivity (Wildman–Crippen MR) is 74.4 cm³/mol. The Kier molecular flexibility index (Phi) is 2.91. The number of aryl methyl sites for hydroxylation is 2. The molecule has 0 amide bonds. The van der Waals surface area contributed by atoms with Gasteiger partial charge in [-0.15, -0.1) is 0 Å². The topological polar surface area (TPSA) is 35.6 Å². The molecule has 2 aromatic heterocycles. The molecule has 0 atom stereocenters. The van der Waals surface area contributed by atoms with Gasteiger partial charge in [-0.05, 0) is 38.1 Å². The Labute approximate surface area is 112 Å². The van der Waals surface area contributed by atoms with Gasteiger partial charge in [0.25, 0.3) is 0 Å². The smallest absolute Gasteiger partial charge is 0.0853 e. The number of benzene rings is 1. The monoisotopic (exact) mass is 252 g/mol. The van der Waals surface area contributed by atoms with Gasteiger partial charge in [0.2, 0.25) is 0 Å². The van der Waals surface area contributed by atoms with E-state index in [2.05, 4.69) is 23.2 Å². The van der Waals surface area contributed by atoms with Gasteiger partial charge < -0.3 is 0 Å². The van der Waals surface area contributed by atoms with Crippen molar-refractivity contribution in [1.29, 1.82) is 0 Å². The molecule has 0 bridgehead atoms. The van der Waals surface area contributed by atoms with Crippen molar-refractivity contribution in [1.82, 2.24) is 19.6 Å². The van der Waals surface area contributed by atoms with Gasteiger partial charge in [-0.25, -0.2) is 4.68 Å². The van der Waals surface area contributed by atoms with Gasteiger partial charge in [0.05, 0.1) is 23.6 Å². The summed E-state index contributed by atoms with van der Waals surface area (Å²) in [4.78, 5) is 0. The van der Waals surface area contributed by atoms with Gasteiger partial charge >= 0.3 is 0 Å². The normalized spacial score (nSPS) is 10.8. The first kappa shape index (κ1) is 11.7. The molecule has 19 heavy (non-hydrogen) atoms. The minimum atomic E-state index is 0.708. The fourth-order valence-corrected chi connectivity index (χ4v) is 2.16. The van der Waals surface area contributed by atoms with E-state index in [0.29, 0.717) is 6.54 Å². The van der Waals surface area contributed by atoms with Crippen LogP contribution in [0, 0.1) is 13.8 Å². The molecule has 0 aliphatic rings. The number of hydrogen-bond donors (Lipinski definition) is 0. The zero-order valence-corrected chi connectivity index (χ0v) is 11.1. The highest BCUT2D eigenvalue weighted by Gasteiger charge is 2.05. The van der Waals surface area contributed by atoms with Gasteiger partial charge in [0, 0.05) is 11.9 Å². The van der Waals surface area contributed by atoms with Gasteiger partial charge in [-0.3, -0.25) is 4.68 Å². The second-order valence-corrected chi connectivity index (χ2v) is 4.67. The highest BCUT2D eigenvalue weighted by Crippen LogP contribution is 2.09. The molecule has 2 heterocycles. The van der Waals surface area contributed by atoms with Gasteiger partial charge in [-0.2, -0.15) is 10.2 Å². The molecule has 0 spiro atoms. The van der Waals surface area contributed by atoms with Gasteiger partial charge in [-0.1, -0.05) is 18.2 Å². The molecule has 0 saturated carbocycles. The van der Waals surface area contributed by atoms with Crippen LogP contribution in [-0.4, -0.2) is 19.6 Å². The predicted octanol–water partition coefficient (Wildman–Crippen LogP) is 2.73. The third-order valence-electron chi connectivity index (χ3n) is 3.08. The average molecular weight is 252 g/mol. The van der Waals surface area contributed by atoms with Crippen LogP contribution in [-0.2, 0) is 6.54 Å². The fourth-order valence-electron chi connectivity index (χ4n) is 2.16. The maximum Gasteiger partial charge on any atom is 0.0853 e. The summed E-state index contributed by atoms with van der Waals surface area (Å²) in [6.45, 7) is 4.78. The third-order valence-corrected chi connectivity index (χ3v) is 3.08. The van der Waals surface area contributed by atoms with E-state index in [1.807, 2.05) is 58.9 Å². The van der Waals surface area contributed by atoms with Crippen LogP contribution < -0.4 is 0 Å². The molecule has 4 heteroatoms. The number of rotatable bonds is 3. The van der Waals surface area contributed by atoms with Crippen LogP contribution in [0.4, 0.5) is 0 Å². The van der Waals surface area contributed by atoms with Crippen LogP contribution in [0.2, 0.25) is 0 Å². The fraction of sp³-hybridized carbons (Fsp3) is 0.200. The minimum absolute atomic E-state index is 0.708. The van der Waals surface area contributed by atoms with E-state index < -0.39 is 0 Å². The summed E-state index contributed by atoms with van der Waals surface area (Å²) in [6, 6.07) is 14.2. The van der Waals surface area contributed by atoms with Crippen molar-refractivity contribution in [3.05, 3.63) is 65.7 Å². The van der Waals surface area contributed by atoms with E-state index >= 15 is 0 Å². The molecule has 0 unspecified atom stereocenters. The van der Waals surface area contributed by atoms with E-state index in [1.54, 1.807) is 0 Å². The Balaban J connectivity index is 1.84. The quantitative estimate of drug-likeness (QED) is 0.718. The number of hydrogen-bond acceptors (Lipinski definition) is 2. The van der Waals surface area contributed by atoms with Crippen LogP contribution in [0.15, 0.2) is 48.7 Å². The van der Waals surface area contributed by atoms with E-state index in [0.717, 1.165) is 22.8 Å². The second-order valence-electron chi connectivity index (χ2n) is 4.67. The van der Waals surface area contributed by atoms with Crippen molar-refractivity contribution in [3.8, 4) is 5.69 Å². The molecule has 0 radical (unpaired) electrons. The zero-order chi connectivity index (χ0) is 13.2. The SMILES string of the molecule is Cc1cc(C)n(Cc2ccn(-c3ccccc3)n2)n1. The second kappa shape index (κ2) is 4.72. The van der Waals surface area contributed by atoms with Gasteiger partial charge in [0.15, 0.2) is 0 Å². The summed E-state index contributed by atoms with van der Waals surface area (Å²) in [6.07, 6.45) is 1.98. The standard InChI is InChI=1S/C15H16N4/c1-12-10-13(2)19(16-12)11-14-8-9-18(17-14)15-6-4-3-5-7-15/h3-10H,11H2,1-2H3. The Morgan fingerprint density at radius 3 is 2.47 bits per heavy atom. The van der Waals surface area contributed by atoms with E-state index in [4.69, 9.17) is 0 Å². The van der Waals surface area contributed by atoms with Crippen molar-refractivity contribution in [3.63, 3.8) is 0 Å². The zero-order valence-electron chi connectivity index (χ0n) is 11.1. The lowest BCUT2D eigenvalue weighted by Gasteiger charge is -2.02. The molecule has 0 N–H and O–H groups in total. The first-order valence-corrected chi connectivity index (χ1v) is 6.33. The van der Waals surface area contributed by atoms with Crippen LogP contribution in [0.25, 0.3) is 5.69 Å². The summed E-state index contributed by atoms with van der Waals surface area (Å²) in [5.41, 5.74) is 4.28. The Morgan fingerprint density at radius 2 is 1.79 bits per heavy atom. The number of nitrogens with zero attached hydrogens (tertiary/aromatic N) is 4. The Morgan fingerprint density at radius 1 is 1.00 bits per heavy atom. The highest BCUT2D eigenvalue weighted by molar-refractivity contribution is 5.30. The van der Waals surface area contributed by atoms with Crippen molar-refractivity contribution in [2.75, 3.05) is 0 Å². The Bertz CT molecular complexity index is 679. The first-order chi connectivity index (χ1) is 9.22. The molecular formula is C15H16N4.